The Labute approximate surface area is 123 Å². The summed E-state index contributed by atoms with van der Waals surface area (Å²) in [7, 11) is 0. The Bertz CT molecular complexity index is 523. The quantitative estimate of drug-likeness (QED) is 0.687. The average molecular weight is 296 g/mol. The van der Waals surface area contributed by atoms with Gasteiger partial charge >= 0.3 is 0 Å². The first-order valence-corrected chi connectivity index (χ1v) is 7.46. The molecule has 0 spiro atoms. The van der Waals surface area contributed by atoms with E-state index in [0.717, 1.165) is 19.4 Å². The van der Waals surface area contributed by atoms with Crippen molar-refractivity contribution in [2.75, 3.05) is 18.4 Å². The van der Waals surface area contributed by atoms with Gasteiger partial charge < -0.3 is 10.2 Å². The number of nitro groups is 1. The van der Waals surface area contributed by atoms with Crippen LogP contribution >= 0.6 is 11.6 Å². The lowest BCUT2D eigenvalue weighted by molar-refractivity contribution is -0.384. The van der Waals surface area contributed by atoms with Crippen LogP contribution in [-0.2, 0) is 0 Å². The molecule has 2 heterocycles. The van der Waals surface area contributed by atoms with Crippen molar-refractivity contribution in [1.29, 1.82) is 0 Å². The lowest BCUT2D eigenvalue weighted by Gasteiger charge is -2.35. The molecule has 0 amide bonds. The molecular weight excluding hydrogens is 278 g/mol. The van der Waals surface area contributed by atoms with Gasteiger partial charge in [0.05, 0.1) is 4.92 Å². The van der Waals surface area contributed by atoms with Crippen LogP contribution in [0.5, 0.6) is 0 Å². The molecule has 1 N–H and O–H groups in total. The molecule has 5 nitrogen and oxygen atoms in total. The molecule has 0 saturated carbocycles. The fourth-order valence-corrected chi connectivity index (χ4v) is 3.52. The smallest absolute Gasteiger partial charge is 0.293 e. The number of nitrogens with one attached hydrogen (secondary N) is 1. The van der Waals surface area contributed by atoms with Crippen LogP contribution in [0, 0.1) is 10.1 Å². The Hall–Kier alpha value is -1.33. The van der Waals surface area contributed by atoms with Crippen molar-refractivity contribution in [2.24, 2.45) is 0 Å². The van der Waals surface area contributed by atoms with Crippen molar-refractivity contribution in [3.63, 3.8) is 0 Å². The topological polar surface area (TPSA) is 58.4 Å². The van der Waals surface area contributed by atoms with Crippen molar-refractivity contribution in [2.45, 2.75) is 37.8 Å². The van der Waals surface area contributed by atoms with Crippen molar-refractivity contribution in [1.82, 2.24) is 4.90 Å². The second-order valence-electron chi connectivity index (χ2n) is 5.62. The van der Waals surface area contributed by atoms with E-state index in [9.17, 15) is 10.1 Å². The number of rotatable bonds is 3. The van der Waals surface area contributed by atoms with Crippen molar-refractivity contribution >= 4 is 23.0 Å². The van der Waals surface area contributed by atoms with Crippen molar-refractivity contribution in [3.8, 4) is 0 Å². The third-order valence-corrected chi connectivity index (χ3v) is 4.57. The number of anilines is 1. The maximum absolute atomic E-state index is 11.1. The molecule has 2 fully saturated rings. The van der Waals surface area contributed by atoms with E-state index < -0.39 is 0 Å². The Balaban J connectivity index is 1.73. The zero-order valence-electron chi connectivity index (χ0n) is 11.2. The van der Waals surface area contributed by atoms with Crippen LogP contribution in [0.25, 0.3) is 0 Å². The maximum Gasteiger partial charge on any atom is 0.293 e. The summed E-state index contributed by atoms with van der Waals surface area (Å²) in [6, 6.07) is 5.78. The van der Waals surface area contributed by atoms with Gasteiger partial charge in [0.15, 0.2) is 0 Å². The molecule has 0 aromatic heterocycles. The van der Waals surface area contributed by atoms with Crippen molar-refractivity contribution in [3.05, 3.63) is 33.3 Å². The number of hydrogen-bond acceptors (Lipinski definition) is 4. The monoisotopic (exact) mass is 295 g/mol. The molecule has 2 unspecified atom stereocenters. The molecule has 0 radical (unpaired) electrons. The van der Waals surface area contributed by atoms with E-state index in [1.807, 2.05) is 0 Å². The lowest BCUT2D eigenvalue weighted by Crippen LogP contribution is -2.42. The van der Waals surface area contributed by atoms with Crippen LogP contribution in [0.4, 0.5) is 11.4 Å². The molecular formula is C14H18ClN3O2. The van der Waals surface area contributed by atoms with Gasteiger partial charge in [-0.05, 0) is 44.4 Å². The summed E-state index contributed by atoms with van der Waals surface area (Å²) in [4.78, 5) is 13.3. The molecule has 2 aliphatic rings. The standard InChI is InChI=1S/C14H18ClN3O2/c15-10-3-4-13(14(8-10)18(19)20)16-11-5-7-17-6-1-2-12(17)9-11/h3-4,8,11-12,16H,1-2,5-7,9H2. The Morgan fingerprint density at radius 1 is 1.35 bits per heavy atom. The highest BCUT2D eigenvalue weighted by atomic mass is 35.5. The summed E-state index contributed by atoms with van der Waals surface area (Å²) in [5.41, 5.74) is 0.641. The number of benzene rings is 1. The van der Waals surface area contributed by atoms with Gasteiger partial charge in [-0.2, -0.15) is 0 Å². The second-order valence-corrected chi connectivity index (χ2v) is 6.05. The maximum atomic E-state index is 11.1. The van der Waals surface area contributed by atoms with Gasteiger partial charge in [0.25, 0.3) is 5.69 Å². The first-order chi connectivity index (χ1) is 9.63. The fourth-order valence-electron chi connectivity index (χ4n) is 3.35. The molecule has 1 aromatic rings. The van der Waals surface area contributed by atoms with E-state index in [1.165, 1.54) is 25.5 Å². The molecule has 3 rings (SSSR count). The SMILES string of the molecule is O=[N+]([O-])c1cc(Cl)ccc1NC1CCN2CCCC2C1. The van der Waals surface area contributed by atoms with E-state index in [4.69, 9.17) is 11.6 Å². The number of fused-ring (bicyclic) bond motifs is 1. The van der Waals surface area contributed by atoms with Crippen LogP contribution in [0.2, 0.25) is 5.02 Å². The zero-order valence-corrected chi connectivity index (χ0v) is 12.0. The third kappa shape index (κ3) is 2.74. The van der Waals surface area contributed by atoms with Crippen LogP contribution in [0.15, 0.2) is 18.2 Å². The average Bonchev–Trinajstić information content (AvgIpc) is 2.88. The Kier molecular flexibility index (Phi) is 3.81. The minimum atomic E-state index is -0.376. The lowest BCUT2D eigenvalue weighted by atomic mass is 9.97. The summed E-state index contributed by atoms with van der Waals surface area (Å²) in [5.74, 6) is 0. The van der Waals surface area contributed by atoms with E-state index in [1.54, 1.807) is 12.1 Å². The second kappa shape index (κ2) is 5.58. The van der Waals surface area contributed by atoms with Gasteiger partial charge in [-0.1, -0.05) is 11.6 Å². The molecule has 2 aliphatic heterocycles. The first kappa shape index (κ1) is 13.6. The molecule has 6 heteroatoms. The predicted molar refractivity (Wildman–Crippen MR) is 79.3 cm³/mol. The van der Waals surface area contributed by atoms with E-state index in [2.05, 4.69) is 10.2 Å². The van der Waals surface area contributed by atoms with Crippen LogP contribution in [0.1, 0.15) is 25.7 Å². The summed E-state index contributed by atoms with van der Waals surface area (Å²) in [5, 5.41) is 14.8. The van der Waals surface area contributed by atoms with Gasteiger partial charge in [-0.15, -0.1) is 0 Å². The highest BCUT2D eigenvalue weighted by molar-refractivity contribution is 6.30. The predicted octanol–water partition coefficient (Wildman–Crippen LogP) is 3.29. The molecule has 2 saturated heterocycles. The largest absolute Gasteiger partial charge is 0.377 e. The van der Waals surface area contributed by atoms with E-state index in [-0.39, 0.29) is 10.6 Å². The highest BCUT2D eigenvalue weighted by Gasteiger charge is 2.32. The summed E-state index contributed by atoms with van der Waals surface area (Å²) in [6.45, 7) is 2.29. The minimum absolute atomic E-state index is 0.0614. The van der Waals surface area contributed by atoms with E-state index >= 15 is 0 Å². The zero-order chi connectivity index (χ0) is 14.1. The molecule has 0 aliphatic carbocycles. The van der Waals surface area contributed by atoms with Gasteiger partial charge in [0.1, 0.15) is 5.69 Å². The fraction of sp³-hybridized carbons (Fsp3) is 0.571. The number of nitro benzene ring substituents is 1. The molecule has 108 valence electrons. The van der Waals surface area contributed by atoms with Gasteiger partial charge in [-0.3, -0.25) is 10.1 Å². The molecule has 1 aromatic carbocycles. The van der Waals surface area contributed by atoms with Crippen LogP contribution in [0.3, 0.4) is 0 Å². The number of piperidine rings is 1. The van der Waals surface area contributed by atoms with E-state index in [0.29, 0.717) is 22.8 Å². The van der Waals surface area contributed by atoms with Crippen molar-refractivity contribution < 1.29 is 4.92 Å². The summed E-state index contributed by atoms with van der Waals surface area (Å²) >= 11 is 5.84. The third-order valence-electron chi connectivity index (χ3n) is 4.34. The molecule has 20 heavy (non-hydrogen) atoms. The first-order valence-electron chi connectivity index (χ1n) is 7.08. The Morgan fingerprint density at radius 2 is 2.20 bits per heavy atom. The van der Waals surface area contributed by atoms with Crippen LogP contribution < -0.4 is 5.32 Å². The minimum Gasteiger partial charge on any atom is -0.377 e. The van der Waals surface area contributed by atoms with Gasteiger partial charge in [0.2, 0.25) is 0 Å². The molecule has 0 bridgehead atoms. The van der Waals surface area contributed by atoms with Gasteiger partial charge in [-0.25, -0.2) is 0 Å². The number of hydrogen-bond donors (Lipinski definition) is 1. The normalized spacial score (nSPS) is 26.2. The highest BCUT2D eigenvalue weighted by Crippen LogP contribution is 2.32. The summed E-state index contributed by atoms with van der Waals surface area (Å²) in [6.07, 6.45) is 4.63. The van der Waals surface area contributed by atoms with Crippen LogP contribution in [-0.4, -0.2) is 35.0 Å². The Morgan fingerprint density at radius 3 is 3.00 bits per heavy atom. The number of nitrogens with zero attached hydrogens (tertiary/aromatic N) is 2. The van der Waals surface area contributed by atoms with Gasteiger partial charge in [0, 0.05) is 29.7 Å². The number of halogens is 1. The molecule has 2 atom stereocenters. The summed E-state index contributed by atoms with van der Waals surface area (Å²) < 4.78 is 0.